The normalized spacial score (nSPS) is 11.2. The third-order valence-corrected chi connectivity index (χ3v) is 4.50. The van der Waals surface area contributed by atoms with Gasteiger partial charge in [0.05, 0.1) is 5.56 Å². The summed E-state index contributed by atoms with van der Waals surface area (Å²) in [5, 5.41) is 3.81. The fourth-order valence-electron chi connectivity index (χ4n) is 2.60. The van der Waals surface area contributed by atoms with Crippen molar-refractivity contribution >= 4 is 52.0 Å². The largest absolute Gasteiger partial charge is 0.436 e. The van der Waals surface area contributed by atoms with Gasteiger partial charge in [-0.05, 0) is 54.1 Å². The Kier molecular flexibility index (Phi) is 5.10. The Morgan fingerprint density at radius 2 is 2.00 bits per heavy atom. The SMILES string of the molecule is O=C(C=Cc1ccc(Cl)cc1Cl)Nc1ccc2oc(-c3cccnc3)nc2c1. The average Bonchev–Trinajstić information content (AvgIpc) is 3.11. The minimum atomic E-state index is -0.290. The third kappa shape index (κ3) is 4.06. The highest BCUT2D eigenvalue weighted by molar-refractivity contribution is 6.35. The summed E-state index contributed by atoms with van der Waals surface area (Å²) in [7, 11) is 0. The van der Waals surface area contributed by atoms with Crippen LogP contribution in [0.1, 0.15) is 5.56 Å². The van der Waals surface area contributed by atoms with Crippen LogP contribution in [0, 0.1) is 0 Å². The lowest BCUT2D eigenvalue weighted by atomic mass is 10.2. The van der Waals surface area contributed by atoms with Crippen LogP contribution in [0.4, 0.5) is 5.69 Å². The summed E-state index contributed by atoms with van der Waals surface area (Å²) in [6, 6.07) is 14.0. The number of oxazole rings is 1. The predicted octanol–water partition coefficient (Wildman–Crippen LogP) is 5.85. The highest BCUT2D eigenvalue weighted by Crippen LogP contribution is 2.26. The van der Waals surface area contributed by atoms with E-state index in [0.29, 0.717) is 38.3 Å². The quantitative estimate of drug-likeness (QED) is 0.429. The van der Waals surface area contributed by atoms with Gasteiger partial charge in [-0.3, -0.25) is 9.78 Å². The summed E-state index contributed by atoms with van der Waals surface area (Å²) in [6.45, 7) is 0. The number of rotatable bonds is 4. The molecule has 0 saturated carbocycles. The first-order valence-electron chi connectivity index (χ1n) is 8.33. The molecule has 0 radical (unpaired) electrons. The summed E-state index contributed by atoms with van der Waals surface area (Å²) < 4.78 is 5.74. The molecule has 0 saturated heterocycles. The van der Waals surface area contributed by atoms with Crippen molar-refractivity contribution in [3.05, 3.63) is 82.6 Å². The Hall–Kier alpha value is -3.15. The summed E-state index contributed by atoms with van der Waals surface area (Å²) in [4.78, 5) is 20.7. The standard InChI is InChI=1S/C21H13Cl2N3O2/c22-15-5-3-13(17(23)10-15)4-8-20(27)25-16-6-7-19-18(11-16)26-21(28-19)14-2-1-9-24-12-14/h1-12H,(H,25,27). The van der Waals surface area contributed by atoms with Gasteiger partial charge in [0.1, 0.15) is 5.52 Å². The first kappa shape index (κ1) is 18.2. The number of benzene rings is 2. The number of nitrogens with zero attached hydrogens (tertiary/aromatic N) is 2. The first-order valence-corrected chi connectivity index (χ1v) is 9.09. The van der Waals surface area contributed by atoms with Crippen LogP contribution in [0.2, 0.25) is 10.0 Å². The van der Waals surface area contributed by atoms with Gasteiger partial charge in [-0.15, -0.1) is 0 Å². The molecule has 0 fully saturated rings. The number of carbonyl (C=O) groups excluding carboxylic acids is 1. The molecule has 0 aliphatic heterocycles. The van der Waals surface area contributed by atoms with Gasteiger partial charge in [-0.25, -0.2) is 4.98 Å². The molecule has 2 heterocycles. The molecule has 0 spiro atoms. The highest BCUT2D eigenvalue weighted by atomic mass is 35.5. The number of amides is 1. The maximum Gasteiger partial charge on any atom is 0.248 e. The molecule has 0 bridgehead atoms. The van der Waals surface area contributed by atoms with E-state index in [2.05, 4.69) is 15.3 Å². The number of fused-ring (bicyclic) bond motifs is 1. The number of hydrogen-bond acceptors (Lipinski definition) is 4. The zero-order valence-corrected chi connectivity index (χ0v) is 15.9. The molecule has 1 amide bonds. The smallest absolute Gasteiger partial charge is 0.248 e. The topological polar surface area (TPSA) is 68.0 Å². The van der Waals surface area contributed by atoms with Crippen LogP contribution in [0.5, 0.6) is 0 Å². The molecule has 0 aliphatic rings. The molecule has 28 heavy (non-hydrogen) atoms. The summed E-state index contributed by atoms with van der Waals surface area (Å²) in [6.07, 6.45) is 6.40. The molecule has 7 heteroatoms. The van der Waals surface area contributed by atoms with E-state index in [0.717, 1.165) is 5.56 Å². The molecule has 4 rings (SSSR count). The van der Waals surface area contributed by atoms with Crippen molar-refractivity contribution < 1.29 is 9.21 Å². The van der Waals surface area contributed by atoms with E-state index in [4.69, 9.17) is 27.6 Å². The van der Waals surface area contributed by atoms with Gasteiger partial charge in [0.15, 0.2) is 5.58 Å². The van der Waals surface area contributed by atoms with E-state index in [-0.39, 0.29) is 5.91 Å². The van der Waals surface area contributed by atoms with Crippen LogP contribution in [0.25, 0.3) is 28.6 Å². The Labute approximate surface area is 170 Å². The lowest BCUT2D eigenvalue weighted by Crippen LogP contribution is -2.07. The molecule has 2 aromatic carbocycles. The van der Waals surface area contributed by atoms with Crippen molar-refractivity contribution in [2.24, 2.45) is 0 Å². The molecule has 0 atom stereocenters. The maximum absolute atomic E-state index is 12.2. The Morgan fingerprint density at radius 3 is 2.79 bits per heavy atom. The molecular weight excluding hydrogens is 397 g/mol. The summed E-state index contributed by atoms with van der Waals surface area (Å²) >= 11 is 12.0. The fourth-order valence-corrected chi connectivity index (χ4v) is 3.08. The zero-order chi connectivity index (χ0) is 19.5. The second-order valence-electron chi connectivity index (χ2n) is 5.93. The van der Waals surface area contributed by atoms with Crippen LogP contribution < -0.4 is 5.32 Å². The van der Waals surface area contributed by atoms with Gasteiger partial charge in [-0.1, -0.05) is 29.3 Å². The van der Waals surface area contributed by atoms with Gasteiger partial charge < -0.3 is 9.73 Å². The number of aromatic nitrogens is 2. The van der Waals surface area contributed by atoms with Gasteiger partial charge in [0, 0.05) is 34.2 Å². The van der Waals surface area contributed by atoms with E-state index in [1.807, 2.05) is 12.1 Å². The van der Waals surface area contributed by atoms with Gasteiger partial charge in [0.2, 0.25) is 11.8 Å². The van der Waals surface area contributed by atoms with E-state index in [1.54, 1.807) is 54.9 Å². The molecule has 5 nitrogen and oxygen atoms in total. The van der Waals surface area contributed by atoms with Crippen molar-refractivity contribution in [3.63, 3.8) is 0 Å². The van der Waals surface area contributed by atoms with Crippen LogP contribution in [-0.4, -0.2) is 15.9 Å². The number of pyridine rings is 1. The second-order valence-corrected chi connectivity index (χ2v) is 6.78. The van der Waals surface area contributed by atoms with Crippen LogP contribution in [0.3, 0.4) is 0 Å². The molecule has 0 unspecified atom stereocenters. The van der Waals surface area contributed by atoms with Crippen molar-refractivity contribution in [1.82, 2.24) is 9.97 Å². The van der Waals surface area contributed by atoms with Crippen LogP contribution in [-0.2, 0) is 4.79 Å². The van der Waals surface area contributed by atoms with Crippen molar-refractivity contribution in [2.45, 2.75) is 0 Å². The Balaban J connectivity index is 1.51. The fraction of sp³-hybridized carbons (Fsp3) is 0. The zero-order valence-electron chi connectivity index (χ0n) is 14.4. The van der Waals surface area contributed by atoms with Gasteiger partial charge in [0.25, 0.3) is 0 Å². The number of nitrogens with one attached hydrogen (secondary N) is 1. The number of anilines is 1. The maximum atomic E-state index is 12.2. The number of carbonyl (C=O) groups is 1. The Bertz CT molecular complexity index is 1190. The predicted molar refractivity (Wildman–Crippen MR) is 111 cm³/mol. The monoisotopic (exact) mass is 409 g/mol. The molecule has 0 aliphatic carbocycles. The number of halogens is 2. The van der Waals surface area contributed by atoms with E-state index in [9.17, 15) is 4.79 Å². The summed E-state index contributed by atoms with van der Waals surface area (Å²) in [5.74, 6) is 0.185. The van der Waals surface area contributed by atoms with E-state index >= 15 is 0 Å². The lowest BCUT2D eigenvalue weighted by molar-refractivity contribution is -0.111. The van der Waals surface area contributed by atoms with Crippen molar-refractivity contribution in [1.29, 1.82) is 0 Å². The minimum Gasteiger partial charge on any atom is -0.436 e. The van der Waals surface area contributed by atoms with Crippen LogP contribution >= 0.6 is 23.2 Å². The van der Waals surface area contributed by atoms with Crippen molar-refractivity contribution in [3.8, 4) is 11.5 Å². The molecule has 138 valence electrons. The second kappa shape index (κ2) is 7.84. The van der Waals surface area contributed by atoms with Gasteiger partial charge in [-0.2, -0.15) is 0 Å². The lowest BCUT2D eigenvalue weighted by Gasteiger charge is -2.02. The third-order valence-electron chi connectivity index (χ3n) is 3.94. The molecule has 1 N–H and O–H groups in total. The van der Waals surface area contributed by atoms with E-state index < -0.39 is 0 Å². The number of hydrogen-bond donors (Lipinski definition) is 1. The molecular formula is C21H13Cl2N3O2. The van der Waals surface area contributed by atoms with E-state index in [1.165, 1.54) is 6.08 Å². The molecule has 2 aromatic heterocycles. The summed E-state index contributed by atoms with van der Waals surface area (Å²) in [5.41, 5.74) is 3.36. The van der Waals surface area contributed by atoms with Gasteiger partial charge >= 0.3 is 0 Å². The molecule has 4 aromatic rings. The first-order chi connectivity index (χ1) is 13.6. The van der Waals surface area contributed by atoms with Crippen molar-refractivity contribution in [2.75, 3.05) is 5.32 Å². The van der Waals surface area contributed by atoms with Crippen LogP contribution in [0.15, 0.2) is 71.4 Å². The Morgan fingerprint density at radius 1 is 1.11 bits per heavy atom. The average molecular weight is 410 g/mol. The minimum absolute atomic E-state index is 0.290. The highest BCUT2D eigenvalue weighted by Gasteiger charge is 2.09.